The quantitative estimate of drug-likeness (QED) is 0.220. The van der Waals surface area contributed by atoms with Crippen molar-refractivity contribution in [2.45, 2.75) is 0 Å². The van der Waals surface area contributed by atoms with E-state index in [0.717, 1.165) is 17.1 Å². The summed E-state index contributed by atoms with van der Waals surface area (Å²) in [6.07, 6.45) is 0. The minimum Gasteiger partial charge on any atom is -0.310 e. The average molecular weight is 528 g/mol. The second-order valence-corrected chi connectivity index (χ2v) is 11.3. The van der Waals surface area contributed by atoms with Crippen LogP contribution in [0.15, 0.2) is 152 Å². The zero-order chi connectivity index (χ0) is 26.5. The van der Waals surface area contributed by atoms with Gasteiger partial charge in [-0.15, -0.1) is 11.3 Å². The summed E-state index contributed by atoms with van der Waals surface area (Å²) in [5.74, 6) is 0. The van der Waals surface area contributed by atoms with E-state index < -0.39 is 0 Å². The lowest BCUT2D eigenvalue weighted by atomic mass is 10.0. The fourth-order valence-electron chi connectivity index (χ4n) is 5.87. The molecule has 0 amide bonds. The number of anilines is 3. The highest BCUT2D eigenvalue weighted by Gasteiger charge is 2.18. The van der Waals surface area contributed by atoms with Crippen molar-refractivity contribution < 1.29 is 0 Å². The molecule has 0 fully saturated rings. The molecule has 0 N–H and O–H groups in total. The zero-order valence-electron chi connectivity index (χ0n) is 21.8. The van der Waals surface area contributed by atoms with Gasteiger partial charge in [0, 0.05) is 37.1 Å². The lowest BCUT2D eigenvalue weighted by Gasteiger charge is -2.28. The molecule has 0 aliphatic heterocycles. The number of fused-ring (bicyclic) bond motifs is 5. The Morgan fingerprint density at radius 3 is 1.93 bits per heavy atom. The van der Waals surface area contributed by atoms with Crippen molar-refractivity contribution >= 4 is 70.1 Å². The molecule has 8 aromatic rings. The maximum Gasteiger partial charge on any atom is 0.0540 e. The number of thiophene rings is 1. The van der Waals surface area contributed by atoms with Crippen molar-refractivity contribution in [1.29, 1.82) is 0 Å². The maximum absolute atomic E-state index is 2.41. The SMILES string of the molecule is c1ccc(-c2ccccc2N(c2ccc3ccccc3c2)c2ccc3cc4c(cc3c2)sc2ccccc24)cc1. The molecule has 1 nitrogen and oxygen atoms in total. The van der Waals surface area contributed by atoms with Gasteiger partial charge in [0.25, 0.3) is 0 Å². The molecule has 40 heavy (non-hydrogen) atoms. The molecule has 0 bridgehead atoms. The van der Waals surface area contributed by atoms with E-state index in [2.05, 4.69) is 157 Å². The first-order valence-corrected chi connectivity index (χ1v) is 14.4. The van der Waals surface area contributed by atoms with E-state index in [4.69, 9.17) is 0 Å². The van der Waals surface area contributed by atoms with Crippen LogP contribution in [0.1, 0.15) is 0 Å². The largest absolute Gasteiger partial charge is 0.310 e. The Labute approximate surface area is 237 Å². The van der Waals surface area contributed by atoms with Gasteiger partial charge in [-0.3, -0.25) is 0 Å². The van der Waals surface area contributed by atoms with Gasteiger partial charge in [-0.25, -0.2) is 0 Å². The van der Waals surface area contributed by atoms with Crippen molar-refractivity contribution in [3.8, 4) is 11.1 Å². The molecule has 2 heteroatoms. The van der Waals surface area contributed by atoms with Gasteiger partial charge in [-0.05, 0) is 75.6 Å². The van der Waals surface area contributed by atoms with Gasteiger partial charge in [-0.2, -0.15) is 0 Å². The molecule has 1 aromatic heterocycles. The molecule has 8 rings (SSSR count). The summed E-state index contributed by atoms with van der Waals surface area (Å²) in [4.78, 5) is 2.41. The summed E-state index contributed by atoms with van der Waals surface area (Å²) < 4.78 is 2.66. The molecule has 0 aliphatic carbocycles. The first-order chi connectivity index (χ1) is 19.8. The van der Waals surface area contributed by atoms with E-state index in [-0.39, 0.29) is 0 Å². The number of hydrogen-bond donors (Lipinski definition) is 0. The third-order valence-corrected chi connectivity index (χ3v) is 8.93. The third-order valence-electron chi connectivity index (χ3n) is 7.80. The molecule has 0 spiro atoms. The number of benzene rings is 7. The predicted molar refractivity (Wildman–Crippen MR) is 174 cm³/mol. The third kappa shape index (κ3) is 3.85. The molecule has 0 saturated heterocycles. The van der Waals surface area contributed by atoms with Crippen LogP contribution in [0, 0.1) is 0 Å². The molecule has 7 aromatic carbocycles. The molecule has 0 unspecified atom stereocenters. The van der Waals surface area contributed by atoms with Gasteiger partial charge in [-0.1, -0.05) is 103 Å². The highest BCUT2D eigenvalue weighted by atomic mass is 32.1. The van der Waals surface area contributed by atoms with Gasteiger partial charge in [0.2, 0.25) is 0 Å². The molecular formula is C38H25NS. The van der Waals surface area contributed by atoms with Crippen molar-refractivity contribution in [3.05, 3.63) is 152 Å². The molecule has 0 atom stereocenters. The second-order valence-electron chi connectivity index (χ2n) is 10.2. The van der Waals surface area contributed by atoms with Gasteiger partial charge in [0.15, 0.2) is 0 Å². The van der Waals surface area contributed by atoms with Crippen LogP contribution < -0.4 is 4.90 Å². The number of nitrogens with zero attached hydrogens (tertiary/aromatic N) is 1. The molecular weight excluding hydrogens is 502 g/mol. The first kappa shape index (κ1) is 23.0. The molecule has 188 valence electrons. The summed E-state index contributed by atoms with van der Waals surface area (Å²) in [7, 11) is 0. The smallest absolute Gasteiger partial charge is 0.0540 e. The lowest BCUT2D eigenvalue weighted by Crippen LogP contribution is -2.11. The minimum atomic E-state index is 1.14. The Morgan fingerprint density at radius 1 is 0.400 bits per heavy atom. The van der Waals surface area contributed by atoms with E-state index in [1.807, 2.05) is 11.3 Å². The monoisotopic (exact) mass is 527 g/mol. The summed E-state index contributed by atoms with van der Waals surface area (Å²) in [5, 5.41) is 7.65. The molecule has 0 radical (unpaired) electrons. The number of hydrogen-bond acceptors (Lipinski definition) is 2. The summed E-state index contributed by atoms with van der Waals surface area (Å²) >= 11 is 1.87. The first-order valence-electron chi connectivity index (χ1n) is 13.6. The normalized spacial score (nSPS) is 11.5. The van der Waals surface area contributed by atoms with Crippen molar-refractivity contribution in [2.24, 2.45) is 0 Å². The zero-order valence-corrected chi connectivity index (χ0v) is 22.6. The predicted octanol–water partition coefficient (Wildman–Crippen LogP) is 11.5. The Kier molecular flexibility index (Phi) is 5.39. The van der Waals surface area contributed by atoms with E-state index in [1.165, 1.54) is 52.8 Å². The van der Waals surface area contributed by atoms with Crippen LogP contribution in [0.5, 0.6) is 0 Å². The minimum absolute atomic E-state index is 1.14. The van der Waals surface area contributed by atoms with Crippen LogP contribution in [-0.4, -0.2) is 0 Å². The van der Waals surface area contributed by atoms with Crippen LogP contribution >= 0.6 is 11.3 Å². The summed E-state index contributed by atoms with van der Waals surface area (Å²) in [6, 6.07) is 55.0. The highest BCUT2D eigenvalue weighted by molar-refractivity contribution is 7.25. The van der Waals surface area contributed by atoms with E-state index in [1.54, 1.807) is 0 Å². The number of rotatable bonds is 4. The molecule has 0 saturated carbocycles. The van der Waals surface area contributed by atoms with Crippen molar-refractivity contribution in [2.75, 3.05) is 4.90 Å². The van der Waals surface area contributed by atoms with E-state index in [0.29, 0.717) is 0 Å². The van der Waals surface area contributed by atoms with Gasteiger partial charge < -0.3 is 4.90 Å². The van der Waals surface area contributed by atoms with Crippen LogP contribution in [0.3, 0.4) is 0 Å². The fourth-order valence-corrected chi connectivity index (χ4v) is 7.00. The Hall–Kier alpha value is -4.92. The highest BCUT2D eigenvalue weighted by Crippen LogP contribution is 2.43. The van der Waals surface area contributed by atoms with Gasteiger partial charge in [0.1, 0.15) is 0 Å². The number of para-hydroxylation sites is 1. The lowest BCUT2D eigenvalue weighted by molar-refractivity contribution is 1.29. The van der Waals surface area contributed by atoms with Crippen LogP contribution in [0.25, 0.3) is 52.8 Å². The summed E-state index contributed by atoms with van der Waals surface area (Å²) in [6.45, 7) is 0. The van der Waals surface area contributed by atoms with Crippen LogP contribution in [-0.2, 0) is 0 Å². The van der Waals surface area contributed by atoms with Crippen LogP contribution in [0.4, 0.5) is 17.1 Å². The van der Waals surface area contributed by atoms with Crippen molar-refractivity contribution in [3.63, 3.8) is 0 Å². The Morgan fingerprint density at radius 2 is 1.05 bits per heavy atom. The topological polar surface area (TPSA) is 3.24 Å². The standard InChI is InChI=1S/C38H25NS/c1-2-11-27(12-3-1)33-14-6-8-16-36(33)39(31-20-18-26-10-4-5-13-28(26)22-31)32-21-19-29-24-35-34-15-7-9-17-37(34)40-38(35)25-30(29)23-32/h1-25H. The van der Waals surface area contributed by atoms with Gasteiger partial charge in [0.05, 0.1) is 5.69 Å². The van der Waals surface area contributed by atoms with Crippen molar-refractivity contribution in [1.82, 2.24) is 0 Å². The molecule has 1 heterocycles. The fraction of sp³-hybridized carbons (Fsp3) is 0. The maximum atomic E-state index is 2.41. The van der Waals surface area contributed by atoms with E-state index in [9.17, 15) is 0 Å². The van der Waals surface area contributed by atoms with Gasteiger partial charge >= 0.3 is 0 Å². The average Bonchev–Trinajstić information content (AvgIpc) is 3.38. The van der Waals surface area contributed by atoms with E-state index >= 15 is 0 Å². The Balaban J connectivity index is 1.37. The van der Waals surface area contributed by atoms with Crippen LogP contribution in [0.2, 0.25) is 0 Å². The molecule has 0 aliphatic rings. The second kappa shape index (κ2) is 9.37. The Bertz CT molecular complexity index is 2170. The summed E-state index contributed by atoms with van der Waals surface area (Å²) in [5.41, 5.74) is 5.86.